The van der Waals surface area contributed by atoms with E-state index < -0.39 is 0 Å². The average molecular weight is 423 g/mol. The van der Waals surface area contributed by atoms with E-state index >= 15 is 0 Å². The van der Waals surface area contributed by atoms with Gasteiger partial charge in [0.1, 0.15) is 5.75 Å². The first-order valence-corrected chi connectivity index (χ1v) is 11.2. The second-order valence-corrected chi connectivity index (χ2v) is 10.4. The van der Waals surface area contributed by atoms with E-state index in [9.17, 15) is 0 Å². The van der Waals surface area contributed by atoms with Crippen molar-refractivity contribution in [3.63, 3.8) is 0 Å². The molecule has 3 heterocycles. The molecule has 3 aromatic rings. The molecule has 0 spiro atoms. The zero-order chi connectivity index (χ0) is 21.4. The van der Waals surface area contributed by atoms with Gasteiger partial charge in [-0.15, -0.1) is 11.3 Å². The third kappa shape index (κ3) is 4.82. The molecular weight excluding hydrogens is 392 g/mol. The molecule has 30 heavy (non-hydrogen) atoms. The van der Waals surface area contributed by atoms with Gasteiger partial charge in [0, 0.05) is 28.2 Å². The molecular formula is C24H30N4OS. The van der Waals surface area contributed by atoms with Gasteiger partial charge in [-0.25, -0.2) is 9.97 Å². The minimum Gasteiger partial charge on any atom is -0.497 e. The molecule has 4 rings (SSSR count). The number of benzene rings is 1. The Morgan fingerprint density at radius 3 is 2.50 bits per heavy atom. The predicted octanol–water partition coefficient (Wildman–Crippen LogP) is 5.60. The molecule has 0 unspecified atom stereocenters. The van der Waals surface area contributed by atoms with Crippen LogP contribution in [0.4, 0.5) is 5.95 Å². The third-order valence-electron chi connectivity index (χ3n) is 5.39. The first-order valence-electron chi connectivity index (χ1n) is 10.4. The lowest BCUT2D eigenvalue weighted by molar-refractivity contribution is 0.170. The normalized spacial score (nSPS) is 18.2. The SMILES string of the molecule is COc1cccc(-c2ccc(-c3ccnc(NC4CC(C)(C)NC(C)(C)C4)n3)s2)c1. The molecule has 1 aliphatic rings. The minimum atomic E-state index is 0.0798. The van der Waals surface area contributed by atoms with Crippen molar-refractivity contribution in [2.45, 2.75) is 57.7 Å². The average Bonchev–Trinajstić information content (AvgIpc) is 3.16. The van der Waals surface area contributed by atoms with Gasteiger partial charge in [-0.1, -0.05) is 12.1 Å². The Morgan fingerprint density at radius 2 is 1.77 bits per heavy atom. The summed E-state index contributed by atoms with van der Waals surface area (Å²) in [5, 5.41) is 7.31. The Kier molecular flexibility index (Phi) is 5.55. The highest BCUT2D eigenvalue weighted by molar-refractivity contribution is 7.18. The Hall–Kier alpha value is -2.44. The predicted molar refractivity (Wildman–Crippen MR) is 125 cm³/mol. The van der Waals surface area contributed by atoms with Gasteiger partial charge in [-0.2, -0.15) is 0 Å². The van der Waals surface area contributed by atoms with Crippen LogP contribution in [0.15, 0.2) is 48.7 Å². The second-order valence-electron chi connectivity index (χ2n) is 9.30. The van der Waals surface area contributed by atoms with E-state index in [0.29, 0.717) is 12.0 Å². The number of aromatic nitrogens is 2. The molecule has 2 N–H and O–H groups in total. The third-order valence-corrected chi connectivity index (χ3v) is 6.55. The number of piperidine rings is 1. The van der Waals surface area contributed by atoms with Gasteiger partial charge in [0.15, 0.2) is 0 Å². The fourth-order valence-electron chi connectivity index (χ4n) is 4.58. The number of hydrogen-bond donors (Lipinski definition) is 2. The van der Waals surface area contributed by atoms with E-state index in [4.69, 9.17) is 9.72 Å². The Morgan fingerprint density at radius 1 is 1.03 bits per heavy atom. The van der Waals surface area contributed by atoms with E-state index in [0.717, 1.165) is 34.7 Å². The standard InChI is InChI=1S/C24H30N4OS/c1-23(2)14-17(15-24(3,4)28-23)26-22-25-12-11-19(27-22)21-10-9-20(30-21)16-7-6-8-18(13-16)29-5/h6-13,17,28H,14-15H2,1-5H3,(H,25,26,27). The first kappa shape index (κ1) is 20.8. The summed E-state index contributed by atoms with van der Waals surface area (Å²) in [6.45, 7) is 9.02. The van der Waals surface area contributed by atoms with Gasteiger partial charge in [0.05, 0.1) is 17.7 Å². The maximum atomic E-state index is 5.36. The molecule has 0 aliphatic carbocycles. The van der Waals surface area contributed by atoms with Crippen LogP contribution in [0.5, 0.6) is 5.75 Å². The maximum absolute atomic E-state index is 5.36. The van der Waals surface area contributed by atoms with Crippen LogP contribution in [0.1, 0.15) is 40.5 Å². The Labute approximate surface area is 182 Å². The van der Waals surface area contributed by atoms with Crippen molar-refractivity contribution >= 4 is 17.3 Å². The van der Waals surface area contributed by atoms with Gasteiger partial charge < -0.3 is 15.4 Å². The van der Waals surface area contributed by atoms with Gasteiger partial charge in [-0.05, 0) is 76.4 Å². The molecule has 1 aromatic carbocycles. The highest BCUT2D eigenvalue weighted by atomic mass is 32.1. The monoisotopic (exact) mass is 422 g/mol. The molecule has 0 bridgehead atoms. The summed E-state index contributed by atoms with van der Waals surface area (Å²) < 4.78 is 5.36. The van der Waals surface area contributed by atoms with Crippen molar-refractivity contribution in [1.29, 1.82) is 0 Å². The van der Waals surface area contributed by atoms with Crippen molar-refractivity contribution in [2.24, 2.45) is 0 Å². The van der Waals surface area contributed by atoms with Crippen LogP contribution >= 0.6 is 11.3 Å². The maximum Gasteiger partial charge on any atom is 0.223 e. The molecule has 158 valence electrons. The fraction of sp³-hybridized carbons (Fsp3) is 0.417. The number of nitrogens with one attached hydrogen (secondary N) is 2. The smallest absolute Gasteiger partial charge is 0.223 e. The zero-order valence-corrected chi connectivity index (χ0v) is 19.1. The number of rotatable bonds is 5. The largest absolute Gasteiger partial charge is 0.497 e. The van der Waals surface area contributed by atoms with E-state index in [1.807, 2.05) is 24.4 Å². The first-order chi connectivity index (χ1) is 14.2. The molecule has 5 nitrogen and oxygen atoms in total. The zero-order valence-electron chi connectivity index (χ0n) is 18.3. The lowest BCUT2D eigenvalue weighted by Crippen LogP contribution is -2.60. The molecule has 0 radical (unpaired) electrons. The van der Waals surface area contributed by atoms with Gasteiger partial charge in [0.25, 0.3) is 0 Å². The second kappa shape index (κ2) is 8.00. The van der Waals surface area contributed by atoms with Crippen LogP contribution in [-0.4, -0.2) is 34.2 Å². The van der Waals surface area contributed by atoms with Crippen LogP contribution in [-0.2, 0) is 0 Å². The molecule has 1 saturated heterocycles. The van der Waals surface area contributed by atoms with Crippen LogP contribution < -0.4 is 15.4 Å². The molecule has 1 aliphatic heterocycles. The summed E-state index contributed by atoms with van der Waals surface area (Å²) in [5.74, 6) is 1.56. The van der Waals surface area contributed by atoms with Crippen molar-refractivity contribution in [1.82, 2.24) is 15.3 Å². The topological polar surface area (TPSA) is 59.1 Å². The van der Waals surface area contributed by atoms with Gasteiger partial charge in [0.2, 0.25) is 5.95 Å². The van der Waals surface area contributed by atoms with E-state index in [1.165, 1.54) is 4.88 Å². The molecule has 0 atom stereocenters. The van der Waals surface area contributed by atoms with Crippen molar-refractivity contribution in [3.05, 3.63) is 48.7 Å². The number of ether oxygens (including phenoxy) is 1. The van der Waals surface area contributed by atoms with Crippen molar-refractivity contribution in [2.75, 3.05) is 12.4 Å². The van der Waals surface area contributed by atoms with E-state index in [1.54, 1.807) is 18.4 Å². The summed E-state index contributed by atoms with van der Waals surface area (Å²) in [4.78, 5) is 11.6. The summed E-state index contributed by atoms with van der Waals surface area (Å²) in [6.07, 6.45) is 3.90. The molecule has 0 saturated carbocycles. The van der Waals surface area contributed by atoms with E-state index in [2.05, 4.69) is 67.6 Å². The van der Waals surface area contributed by atoms with Crippen LogP contribution in [0.2, 0.25) is 0 Å². The summed E-state index contributed by atoms with van der Waals surface area (Å²) in [6, 6.07) is 14.7. The van der Waals surface area contributed by atoms with Crippen LogP contribution in [0.3, 0.4) is 0 Å². The van der Waals surface area contributed by atoms with Crippen LogP contribution in [0, 0.1) is 0 Å². The summed E-state index contributed by atoms with van der Waals surface area (Å²) in [5.41, 5.74) is 2.25. The lowest BCUT2D eigenvalue weighted by Gasteiger charge is -2.46. The molecule has 0 amide bonds. The van der Waals surface area contributed by atoms with E-state index in [-0.39, 0.29) is 11.1 Å². The summed E-state index contributed by atoms with van der Waals surface area (Å²) >= 11 is 1.73. The molecule has 2 aromatic heterocycles. The lowest BCUT2D eigenvalue weighted by atomic mass is 9.80. The number of hydrogen-bond acceptors (Lipinski definition) is 6. The van der Waals surface area contributed by atoms with Crippen LogP contribution in [0.25, 0.3) is 21.0 Å². The van der Waals surface area contributed by atoms with Gasteiger partial charge >= 0.3 is 0 Å². The fourth-order valence-corrected chi connectivity index (χ4v) is 5.55. The highest BCUT2D eigenvalue weighted by Crippen LogP contribution is 2.35. The summed E-state index contributed by atoms with van der Waals surface area (Å²) in [7, 11) is 1.69. The quantitative estimate of drug-likeness (QED) is 0.560. The Bertz CT molecular complexity index is 1010. The van der Waals surface area contributed by atoms with Gasteiger partial charge in [-0.3, -0.25) is 0 Å². The molecule has 1 fully saturated rings. The highest BCUT2D eigenvalue weighted by Gasteiger charge is 2.37. The molecule has 6 heteroatoms. The number of nitrogens with zero attached hydrogens (tertiary/aromatic N) is 2. The number of methoxy groups -OCH3 is 1. The minimum absolute atomic E-state index is 0.0798. The Balaban J connectivity index is 1.53. The van der Waals surface area contributed by atoms with Crippen molar-refractivity contribution < 1.29 is 4.74 Å². The number of thiophene rings is 1. The van der Waals surface area contributed by atoms with Crippen molar-refractivity contribution in [3.8, 4) is 26.8 Å². The number of anilines is 1.